The fourth-order valence-electron chi connectivity index (χ4n) is 0.964. The largest absolute Gasteiger partial charge is 0.379 e. The molecule has 3 heteroatoms. The summed E-state index contributed by atoms with van der Waals surface area (Å²) in [5.41, 5.74) is 0. The Kier molecular flexibility index (Phi) is 3.99. The van der Waals surface area contributed by atoms with E-state index in [0.717, 1.165) is 26.3 Å². The summed E-state index contributed by atoms with van der Waals surface area (Å²) >= 11 is 0. The van der Waals surface area contributed by atoms with Gasteiger partial charge in [0.15, 0.2) is 0 Å². The highest BCUT2D eigenvalue weighted by Crippen LogP contribution is 1.95. The lowest BCUT2D eigenvalue weighted by atomic mass is 10.5. The average Bonchev–Trinajstić information content (AvgIpc) is 2.07. The molecule has 0 spiro atoms. The van der Waals surface area contributed by atoms with Gasteiger partial charge in [-0.05, 0) is 0 Å². The first-order valence-corrected chi connectivity index (χ1v) is 3.75. The standard InChI is InChI=1S/C8H13NO2/c1-2-5-11-8-9-3-6-10-7-4-9/h1H,3-8H2. The maximum absolute atomic E-state index is 5.17. The van der Waals surface area contributed by atoms with E-state index in [4.69, 9.17) is 15.9 Å². The Hall–Kier alpha value is -0.560. The number of hydrogen-bond acceptors (Lipinski definition) is 3. The molecule has 0 atom stereocenters. The van der Waals surface area contributed by atoms with Gasteiger partial charge in [0.1, 0.15) is 13.3 Å². The van der Waals surface area contributed by atoms with Crippen molar-refractivity contribution in [1.29, 1.82) is 0 Å². The maximum Gasteiger partial charge on any atom is 0.109 e. The van der Waals surface area contributed by atoms with Crippen LogP contribution in [0.2, 0.25) is 0 Å². The quantitative estimate of drug-likeness (QED) is 0.420. The van der Waals surface area contributed by atoms with E-state index in [1.807, 2.05) is 0 Å². The molecule has 1 heterocycles. The van der Waals surface area contributed by atoms with Gasteiger partial charge in [-0.25, -0.2) is 0 Å². The molecule has 0 saturated carbocycles. The van der Waals surface area contributed by atoms with Crippen molar-refractivity contribution in [3.05, 3.63) is 0 Å². The van der Waals surface area contributed by atoms with E-state index in [-0.39, 0.29) is 0 Å². The van der Waals surface area contributed by atoms with Crippen molar-refractivity contribution in [2.24, 2.45) is 0 Å². The van der Waals surface area contributed by atoms with Crippen molar-refractivity contribution in [3.8, 4) is 12.3 Å². The number of rotatable bonds is 3. The summed E-state index contributed by atoms with van der Waals surface area (Å²) in [7, 11) is 0. The first-order valence-electron chi connectivity index (χ1n) is 3.75. The number of terminal acetylenes is 1. The Balaban J connectivity index is 2.01. The smallest absolute Gasteiger partial charge is 0.109 e. The lowest BCUT2D eigenvalue weighted by Crippen LogP contribution is -2.37. The second kappa shape index (κ2) is 5.14. The maximum atomic E-state index is 5.17. The summed E-state index contributed by atoms with van der Waals surface area (Å²) in [6.45, 7) is 4.54. The van der Waals surface area contributed by atoms with Crippen LogP contribution >= 0.6 is 0 Å². The third kappa shape index (κ3) is 3.38. The van der Waals surface area contributed by atoms with Crippen LogP contribution in [-0.4, -0.2) is 44.5 Å². The van der Waals surface area contributed by atoms with Crippen LogP contribution in [0.5, 0.6) is 0 Å². The minimum absolute atomic E-state index is 0.400. The Morgan fingerprint density at radius 2 is 2.18 bits per heavy atom. The molecule has 0 aliphatic carbocycles. The zero-order valence-corrected chi connectivity index (χ0v) is 6.58. The zero-order valence-electron chi connectivity index (χ0n) is 6.58. The van der Waals surface area contributed by atoms with Gasteiger partial charge in [0, 0.05) is 13.1 Å². The molecule has 0 bridgehead atoms. The number of hydrogen-bond donors (Lipinski definition) is 0. The SMILES string of the molecule is C#CCOCN1CCOCC1. The summed E-state index contributed by atoms with van der Waals surface area (Å²) in [5, 5.41) is 0. The summed E-state index contributed by atoms with van der Waals surface area (Å²) in [4.78, 5) is 2.18. The lowest BCUT2D eigenvalue weighted by Gasteiger charge is -2.25. The molecular formula is C8H13NO2. The number of morpholine rings is 1. The highest BCUT2D eigenvalue weighted by molar-refractivity contribution is 4.82. The van der Waals surface area contributed by atoms with Crippen LogP contribution in [0.25, 0.3) is 0 Å². The average molecular weight is 155 g/mol. The van der Waals surface area contributed by atoms with Gasteiger partial charge in [-0.15, -0.1) is 6.42 Å². The molecule has 0 aromatic rings. The first-order chi connectivity index (χ1) is 5.43. The fraction of sp³-hybridized carbons (Fsp3) is 0.750. The van der Waals surface area contributed by atoms with Crippen molar-refractivity contribution >= 4 is 0 Å². The van der Waals surface area contributed by atoms with Gasteiger partial charge in [-0.1, -0.05) is 5.92 Å². The van der Waals surface area contributed by atoms with Crippen LogP contribution in [0.4, 0.5) is 0 Å². The monoisotopic (exact) mass is 155 g/mol. The molecule has 0 amide bonds. The molecule has 11 heavy (non-hydrogen) atoms. The van der Waals surface area contributed by atoms with Gasteiger partial charge in [0.25, 0.3) is 0 Å². The highest BCUT2D eigenvalue weighted by atomic mass is 16.5. The Morgan fingerprint density at radius 1 is 1.45 bits per heavy atom. The van der Waals surface area contributed by atoms with E-state index < -0.39 is 0 Å². The number of ether oxygens (including phenoxy) is 2. The van der Waals surface area contributed by atoms with Crippen molar-refractivity contribution < 1.29 is 9.47 Å². The van der Waals surface area contributed by atoms with Crippen LogP contribution in [-0.2, 0) is 9.47 Å². The molecule has 1 aliphatic heterocycles. The summed E-state index contributed by atoms with van der Waals surface area (Å²) in [6.07, 6.45) is 5.03. The predicted octanol–water partition coefficient (Wildman–Crippen LogP) is -0.0741. The Bertz CT molecular complexity index is 136. The highest BCUT2D eigenvalue weighted by Gasteiger charge is 2.08. The fourth-order valence-corrected chi connectivity index (χ4v) is 0.964. The van der Waals surface area contributed by atoms with E-state index in [1.54, 1.807) is 0 Å². The van der Waals surface area contributed by atoms with Crippen molar-refractivity contribution in [3.63, 3.8) is 0 Å². The van der Waals surface area contributed by atoms with Crippen molar-refractivity contribution in [2.45, 2.75) is 0 Å². The molecule has 0 unspecified atom stereocenters. The van der Waals surface area contributed by atoms with Crippen LogP contribution < -0.4 is 0 Å². The van der Waals surface area contributed by atoms with E-state index in [2.05, 4.69) is 10.8 Å². The Morgan fingerprint density at radius 3 is 2.82 bits per heavy atom. The third-order valence-electron chi connectivity index (χ3n) is 1.56. The number of nitrogens with zero attached hydrogens (tertiary/aromatic N) is 1. The lowest BCUT2D eigenvalue weighted by molar-refractivity contribution is -0.0248. The van der Waals surface area contributed by atoms with Gasteiger partial charge in [-0.2, -0.15) is 0 Å². The Labute approximate surface area is 67.3 Å². The van der Waals surface area contributed by atoms with Gasteiger partial charge in [-0.3, -0.25) is 4.90 Å². The van der Waals surface area contributed by atoms with Gasteiger partial charge < -0.3 is 9.47 Å². The molecule has 0 N–H and O–H groups in total. The third-order valence-corrected chi connectivity index (χ3v) is 1.56. The van der Waals surface area contributed by atoms with E-state index >= 15 is 0 Å². The molecule has 0 aromatic carbocycles. The summed E-state index contributed by atoms with van der Waals surface area (Å²) < 4.78 is 10.3. The molecule has 1 saturated heterocycles. The second-order valence-corrected chi connectivity index (χ2v) is 2.41. The first kappa shape index (κ1) is 8.54. The van der Waals surface area contributed by atoms with Crippen LogP contribution in [0.1, 0.15) is 0 Å². The summed E-state index contributed by atoms with van der Waals surface area (Å²) in [5.74, 6) is 2.43. The molecule has 1 fully saturated rings. The van der Waals surface area contributed by atoms with E-state index in [1.165, 1.54) is 0 Å². The van der Waals surface area contributed by atoms with E-state index in [9.17, 15) is 0 Å². The molecule has 62 valence electrons. The molecule has 0 radical (unpaired) electrons. The molecule has 3 nitrogen and oxygen atoms in total. The zero-order chi connectivity index (χ0) is 7.94. The van der Waals surface area contributed by atoms with Gasteiger partial charge in [0.2, 0.25) is 0 Å². The van der Waals surface area contributed by atoms with Crippen molar-refractivity contribution in [1.82, 2.24) is 4.90 Å². The van der Waals surface area contributed by atoms with E-state index in [0.29, 0.717) is 13.3 Å². The minimum atomic E-state index is 0.400. The minimum Gasteiger partial charge on any atom is -0.379 e. The topological polar surface area (TPSA) is 21.7 Å². The van der Waals surface area contributed by atoms with Crippen LogP contribution in [0, 0.1) is 12.3 Å². The van der Waals surface area contributed by atoms with Gasteiger partial charge in [0.05, 0.1) is 13.2 Å². The summed E-state index contributed by atoms with van der Waals surface area (Å²) in [6, 6.07) is 0. The van der Waals surface area contributed by atoms with Crippen molar-refractivity contribution in [2.75, 3.05) is 39.6 Å². The van der Waals surface area contributed by atoms with Gasteiger partial charge >= 0.3 is 0 Å². The van der Waals surface area contributed by atoms with Crippen LogP contribution in [0.3, 0.4) is 0 Å². The second-order valence-electron chi connectivity index (χ2n) is 2.41. The predicted molar refractivity (Wildman–Crippen MR) is 42.0 cm³/mol. The normalized spacial score (nSPS) is 19.5. The molecule has 1 rings (SSSR count). The van der Waals surface area contributed by atoms with Crippen LogP contribution in [0.15, 0.2) is 0 Å². The molecule has 0 aromatic heterocycles. The molecule has 1 aliphatic rings. The molecular weight excluding hydrogens is 142 g/mol.